The monoisotopic (exact) mass is 248 g/mol. The number of nitrogens with two attached hydrogens (primary N) is 2. The Labute approximate surface area is 107 Å². The lowest BCUT2D eigenvalue weighted by Gasteiger charge is -2.23. The number of amides is 1. The van der Waals surface area contributed by atoms with E-state index >= 15 is 0 Å². The average molecular weight is 248 g/mol. The Morgan fingerprint density at radius 2 is 2.17 bits per heavy atom. The highest BCUT2D eigenvalue weighted by Gasteiger charge is 2.24. The summed E-state index contributed by atoms with van der Waals surface area (Å²) >= 11 is 0. The number of pyridine rings is 1. The molecule has 0 spiro atoms. The van der Waals surface area contributed by atoms with E-state index in [-0.39, 0.29) is 11.7 Å². The van der Waals surface area contributed by atoms with Crippen molar-refractivity contribution < 1.29 is 4.79 Å². The minimum absolute atomic E-state index is 0.225. The van der Waals surface area contributed by atoms with Gasteiger partial charge in [0.05, 0.1) is 0 Å². The van der Waals surface area contributed by atoms with Crippen molar-refractivity contribution >= 4 is 11.7 Å². The van der Waals surface area contributed by atoms with E-state index in [0.717, 1.165) is 0 Å². The van der Waals surface area contributed by atoms with Gasteiger partial charge in [-0.1, -0.05) is 18.9 Å². The van der Waals surface area contributed by atoms with Gasteiger partial charge < -0.3 is 16.8 Å². The van der Waals surface area contributed by atoms with Crippen molar-refractivity contribution in [1.29, 1.82) is 0 Å². The molecular weight excluding hydrogens is 228 g/mol. The summed E-state index contributed by atoms with van der Waals surface area (Å²) in [4.78, 5) is 15.3. The highest BCUT2D eigenvalue weighted by atomic mass is 16.1. The average Bonchev–Trinajstić information content (AvgIpc) is 2.90. The molecule has 1 aromatic heterocycles. The zero-order chi connectivity index (χ0) is 13.0. The van der Waals surface area contributed by atoms with Crippen LogP contribution in [0.15, 0.2) is 18.2 Å². The van der Waals surface area contributed by atoms with Gasteiger partial charge in [-0.05, 0) is 30.9 Å². The minimum atomic E-state index is -0.510. The molecule has 2 rings (SSSR count). The van der Waals surface area contributed by atoms with Gasteiger partial charge in [-0.15, -0.1) is 0 Å². The SMILES string of the molecule is NCC(Nc1cccc(C(N)=O)n1)C1CCCC1. The smallest absolute Gasteiger partial charge is 0.267 e. The second-order valence-corrected chi connectivity index (χ2v) is 4.80. The highest BCUT2D eigenvalue weighted by Crippen LogP contribution is 2.28. The molecule has 1 heterocycles. The molecule has 0 aliphatic heterocycles. The maximum absolute atomic E-state index is 11.1. The Kier molecular flexibility index (Phi) is 4.15. The lowest BCUT2D eigenvalue weighted by molar-refractivity contribution is 0.0995. The number of rotatable bonds is 5. The molecule has 0 radical (unpaired) electrons. The summed E-state index contributed by atoms with van der Waals surface area (Å²) < 4.78 is 0. The lowest BCUT2D eigenvalue weighted by atomic mass is 9.98. The van der Waals surface area contributed by atoms with Crippen LogP contribution in [0.1, 0.15) is 36.2 Å². The minimum Gasteiger partial charge on any atom is -0.366 e. The molecule has 5 N–H and O–H groups in total. The topological polar surface area (TPSA) is 94.0 Å². The van der Waals surface area contributed by atoms with Crippen LogP contribution < -0.4 is 16.8 Å². The number of aromatic nitrogens is 1. The van der Waals surface area contributed by atoms with Gasteiger partial charge in [0.15, 0.2) is 0 Å². The first-order chi connectivity index (χ1) is 8.70. The quantitative estimate of drug-likeness (QED) is 0.727. The zero-order valence-electron chi connectivity index (χ0n) is 10.4. The van der Waals surface area contributed by atoms with Crippen LogP contribution in [0.25, 0.3) is 0 Å². The molecule has 1 aliphatic carbocycles. The van der Waals surface area contributed by atoms with Crippen molar-refractivity contribution in [2.75, 3.05) is 11.9 Å². The summed E-state index contributed by atoms with van der Waals surface area (Å²) in [5.74, 6) is 0.770. The Hall–Kier alpha value is -1.62. The van der Waals surface area contributed by atoms with Gasteiger partial charge >= 0.3 is 0 Å². The molecule has 0 bridgehead atoms. The van der Waals surface area contributed by atoms with Crippen LogP contribution in [0, 0.1) is 5.92 Å². The van der Waals surface area contributed by atoms with Crippen molar-refractivity contribution in [2.24, 2.45) is 17.4 Å². The number of primary amides is 1. The van der Waals surface area contributed by atoms with Crippen molar-refractivity contribution in [3.8, 4) is 0 Å². The molecule has 1 saturated carbocycles. The fourth-order valence-electron chi connectivity index (χ4n) is 2.57. The molecule has 0 saturated heterocycles. The summed E-state index contributed by atoms with van der Waals surface area (Å²) in [5.41, 5.74) is 11.3. The number of carbonyl (C=O) groups is 1. The lowest BCUT2D eigenvalue weighted by Crippen LogP contribution is -2.35. The molecule has 1 unspecified atom stereocenters. The van der Waals surface area contributed by atoms with Crippen LogP contribution in [-0.4, -0.2) is 23.5 Å². The first-order valence-electron chi connectivity index (χ1n) is 6.44. The van der Waals surface area contributed by atoms with Gasteiger partial charge in [0.2, 0.25) is 0 Å². The van der Waals surface area contributed by atoms with Crippen LogP contribution in [0.4, 0.5) is 5.82 Å². The van der Waals surface area contributed by atoms with E-state index in [9.17, 15) is 4.79 Å². The van der Waals surface area contributed by atoms with Gasteiger partial charge in [-0.25, -0.2) is 4.98 Å². The second kappa shape index (κ2) is 5.82. The van der Waals surface area contributed by atoms with Gasteiger partial charge in [0, 0.05) is 12.6 Å². The standard InChI is InChI=1S/C13H20N4O/c14-8-11(9-4-1-2-5-9)17-12-7-3-6-10(16-12)13(15)18/h3,6-7,9,11H,1-2,4-5,8,14H2,(H2,15,18)(H,16,17). The van der Waals surface area contributed by atoms with E-state index < -0.39 is 5.91 Å². The molecule has 0 aromatic carbocycles. The summed E-state index contributed by atoms with van der Waals surface area (Å²) in [5, 5.41) is 3.32. The molecule has 5 heteroatoms. The Morgan fingerprint density at radius 1 is 1.44 bits per heavy atom. The third kappa shape index (κ3) is 2.98. The largest absolute Gasteiger partial charge is 0.366 e. The summed E-state index contributed by atoms with van der Waals surface area (Å²) in [7, 11) is 0. The Balaban J connectivity index is 2.06. The van der Waals surface area contributed by atoms with Crippen molar-refractivity contribution in [3.05, 3.63) is 23.9 Å². The maximum atomic E-state index is 11.1. The number of nitrogens with one attached hydrogen (secondary N) is 1. The van der Waals surface area contributed by atoms with Crippen molar-refractivity contribution in [3.63, 3.8) is 0 Å². The van der Waals surface area contributed by atoms with E-state index in [4.69, 9.17) is 11.5 Å². The van der Waals surface area contributed by atoms with Gasteiger partial charge in [0.1, 0.15) is 11.5 Å². The summed E-state index contributed by atoms with van der Waals surface area (Å²) in [6.07, 6.45) is 4.98. The molecule has 1 atom stereocenters. The summed E-state index contributed by atoms with van der Waals surface area (Å²) in [6.45, 7) is 0.577. The van der Waals surface area contributed by atoms with E-state index in [1.807, 2.05) is 6.07 Å². The van der Waals surface area contributed by atoms with E-state index in [1.165, 1.54) is 25.7 Å². The number of carbonyl (C=O) groups excluding carboxylic acids is 1. The first-order valence-corrected chi connectivity index (χ1v) is 6.44. The molecule has 18 heavy (non-hydrogen) atoms. The summed E-state index contributed by atoms with van der Waals surface area (Å²) in [6, 6.07) is 5.45. The third-order valence-corrected chi connectivity index (χ3v) is 3.56. The van der Waals surface area contributed by atoms with Crippen LogP contribution in [0.2, 0.25) is 0 Å². The number of anilines is 1. The zero-order valence-corrected chi connectivity index (χ0v) is 10.4. The fraction of sp³-hybridized carbons (Fsp3) is 0.538. The Morgan fingerprint density at radius 3 is 2.78 bits per heavy atom. The normalized spacial score (nSPS) is 17.6. The number of hydrogen-bond acceptors (Lipinski definition) is 4. The van der Waals surface area contributed by atoms with Crippen LogP contribution in [0.5, 0.6) is 0 Å². The predicted octanol–water partition coefficient (Wildman–Crippen LogP) is 1.11. The van der Waals surface area contributed by atoms with Crippen molar-refractivity contribution in [1.82, 2.24) is 4.98 Å². The number of nitrogens with zero attached hydrogens (tertiary/aromatic N) is 1. The fourth-order valence-corrected chi connectivity index (χ4v) is 2.57. The molecule has 98 valence electrons. The van der Waals surface area contributed by atoms with Gasteiger partial charge in [0.25, 0.3) is 5.91 Å². The van der Waals surface area contributed by atoms with E-state index in [1.54, 1.807) is 12.1 Å². The molecule has 5 nitrogen and oxygen atoms in total. The molecule has 1 fully saturated rings. The molecule has 1 aromatic rings. The predicted molar refractivity (Wildman–Crippen MR) is 71.2 cm³/mol. The Bertz CT molecular complexity index is 415. The first kappa shape index (κ1) is 12.8. The highest BCUT2D eigenvalue weighted by molar-refractivity contribution is 5.91. The second-order valence-electron chi connectivity index (χ2n) is 4.80. The number of hydrogen-bond donors (Lipinski definition) is 3. The van der Waals surface area contributed by atoms with E-state index in [2.05, 4.69) is 10.3 Å². The van der Waals surface area contributed by atoms with Gasteiger partial charge in [-0.3, -0.25) is 4.79 Å². The molecular formula is C13H20N4O. The maximum Gasteiger partial charge on any atom is 0.267 e. The van der Waals surface area contributed by atoms with Crippen LogP contribution in [0.3, 0.4) is 0 Å². The van der Waals surface area contributed by atoms with Crippen LogP contribution >= 0.6 is 0 Å². The molecule has 1 aliphatic rings. The van der Waals surface area contributed by atoms with Gasteiger partial charge in [-0.2, -0.15) is 0 Å². The van der Waals surface area contributed by atoms with Crippen molar-refractivity contribution in [2.45, 2.75) is 31.7 Å². The third-order valence-electron chi connectivity index (χ3n) is 3.56. The van der Waals surface area contributed by atoms with E-state index in [0.29, 0.717) is 18.3 Å². The molecule has 1 amide bonds. The van der Waals surface area contributed by atoms with Crippen LogP contribution in [-0.2, 0) is 0 Å².